The molecule has 1 aromatic carbocycles. The first-order valence-corrected chi connectivity index (χ1v) is 14.3. The van der Waals surface area contributed by atoms with Gasteiger partial charge in [0.15, 0.2) is 9.84 Å². The van der Waals surface area contributed by atoms with Crippen LogP contribution in [0, 0.1) is 22.5 Å². The topological polar surface area (TPSA) is 127 Å². The van der Waals surface area contributed by atoms with Crippen molar-refractivity contribution in [1.29, 1.82) is 0 Å². The first-order valence-electron chi connectivity index (χ1n) is 9.77. The zero-order valence-corrected chi connectivity index (χ0v) is 21.1. The lowest BCUT2D eigenvalue weighted by Crippen LogP contribution is -2.38. The van der Waals surface area contributed by atoms with Crippen molar-refractivity contribution < 1.29 is 25.9 Å². The van der Waals surface area contributed by atoms with Gasteiger partial charge < -0.3 is 9.80 Å². The van der Waals surface area contributed by atoms with Crippen LogP contribution in [0.5, 0.6) is 0 Å². The van der Waals surface area contributed by atoms with Gasteiger partial charge in [0, 0.05) is 30.6 Å². The molecule has 0 amide bonds. The number of nitro benzene ring substituents is 1. The molecule has 0 bridgehead atoms. The van der Waals surface area contributed by atoms with Crippen LogP contribution in [0.1, 0.15) is 18.4 Å². The summed E-state index contributed by atoms with van der Waals surface area (Å²) in [7, 11) is -5.77. The summed E-state index contributed by atoms with van der Waals surface area (Å²) in [5.74, 6) is 2.37. The number of piperidine rings is 1. The first kappa shape index (κ1) is 26.5. The SMILES string of the molecule is C#Cc1cc([N+](=O)[O-])cc(S(=O)(=O)C2CCN(C)CC2)c1N(CCBr)CCOS(C)(=O)=O. The van der Waals surface area contributed by atoms with Crippen molar-refractivity contribution in [2.75, 3.05) is 56.3 Å². The number of sulfone groups is 1. The third kappa shape index (κ3) is 6.64. The number of hydrogen-bond donors (Lipinski definition) is 0. The number of hydrogen-bond acceptors (Lipinski definition) is 9. The van der Waals surface area contributed by atoms with Crippen LogP contribution in [0.15, 0.2) is 17.0 Å². The lowest BCUT2D eigenvalue weighted by molar-refractivity contribution is -0.385. The zero-order chi connectivity index (χ0) is 24.1. The van der Waals surface area contributed by atoms with Gasteiger partial charge in [0.2, 0.25) is 0 Å². The number of benzene rings is 1. The van der Waals surface area contributed by atoms with Gasteiger partial charge in [-0.1, -0.05) is 21.9 Å². The average Bonchev–Trinajstić information content (AvgIpc) is 2.71. The average molecular weight is 552 g/mol. The third-order valence-corrected chi connectivity index (χ3v) is 8.39. The maximum atomic E-state index is 13.6. The highest BCUT2D eigenvalue weighted by Crippen LogP contribution is 2.37. The fourth-order valence-corrected chi connectivity index (χ4v) is 6.35. The molecule has 0 N–H and O–H groups in total. The minimum absolute atomic E-state index is 0.0150. The molecular weight excluding hydrogens is 526 g/mol. The van der Waals surface area contributed by atoms with Crippen molar-refractivity contribution in [2.24, 2.45) is 0 Å². The maximum absolute atomic E-state index is 13.6. The second kappa shape index (κ2) is 10.9. The van der Waals surface area contributed by atoms with Gasteiger partial charge in [-0.15, -0.1) is 6.42 Å². The summed E-state index contributed by atoms with van der Waals surface area (Å²) in [6, 6.07) is 2.20. The molecular formula is C19H26BrN3O7S2. The van der Waals surface area contributed by atoms with E-state index in [-0.39, 0.29) is 35.8 Å². The molecule has 32 heavy (non-hydrogen) atoms. The summed E-state index contributed by atoms with van der Waals surface area (Å²) in [6.07, 6.45) is 7.32. The molecule has 178 valence electrons. The van der Waals surface area contributed by atoms with E-state index in [1.54, 1.807) is 4.90 Å². The molecule has 0 atom stereocenters. The van der Waals surface area contributed by atoms with Crippen molar-refractivity contribution in [3.8, 4) is 12.3 Å². The second-order valence-electron chi connectivity index (χ2n) is 7.49. The molecule has 1 aromatic rings. The molecule has 1 heterocycles. The van der Waals surface area contributed by atoms with E-state index in [1.807, 2.05) is 11.9 Å². The Labute approximate surface area is 197 Å². The van der Waals surface area contributed by atoms with E-state index in [9.17, 15) is 26.9 Å². The molecule has 0 unspecified atom stereocenters. The van der Waals surface area contributed by atoms with E-state index in [0.29, 0.717) is 31.3 Å². The quantitative estimate of drug-likeness (QED) is 0.140. The summed E-state index contributed by atoms with van der Waals surface area (Å²) in [6.45, 7) is 1.23. The molecule has 10 nitrogen and oxygen atoms in total. The lowest BCUT2D eigenvalue weighted by atomic mass is 10.1. The van der Waals surface area contributed by atoms with Crippen LogP contribution in [-0.4, -0.2) is 83.3 Å². The number of terminal acetylenes is 1. The van der Waals surface area contributed by atoms with E-state index in [0.717, 1.165) is 18.4 Å². The fraction of sp³-hybridized carbons (Fsp3) is 0.579. The minimum atomic E-state index is -3.96. The summed E-state index contributed by atoms with van der Waals surface area (Å²) in [4.78, 5) is 14.2. The number of likely N-dealkylation sites (tertiary alicyclic amines) is 1. The van der Waals surface area contributed by atoms with Gasteiger partial charge in [-0.05, 0) is 33.0 Å². The Bertz CT molecular complexity index is 1090. The monoisotopic (exact) mass is 551 g/mol. The van der Waals surface area contributed by atoms with E-state index >= 15 is 0 Å². The normalized spacial score (nSPS) is 15.9. The van der Waals surface area contributed by atoms with Crippen LogP contribution >= 0.6 is 15.9 Å². The maximum Gasteiger partial charge on any atom is 0.272 e. The highest BCUT2D eigenvalue weighted by molar-refractivity contribution is 9.09. The Balaban J connectivity index is 2.63. The lowest BCUT2D eigenvalue weighted by Gasteiger charge is -2.31. The molecule has 1 fully saturated rings. The highest BCUT2D eigenvalue weighted by atomic mass is 79.9. The Kier molecular flexibility index (Phi) is 9.06. The third-order valence-electron chi connectivity index (χ3n) is 5.17. The fourth-order valence-electron chi connectivity index (χ4n) is 3.56. The Hall–Kier alpha value is -1.72. The van der Waals surface area contributed by atoms with Crippen LogP contribution in [0.25, 0.3) is 0 Å². The molecule has 2 rings (SSSR count). The van der Waals surface area contributed by atoms with Crippen LogP contribution in [0.3, 0.4) is 0 Å². The Morgan fingerprint density at radius 3 is 2.41 bits per heavy atom. The van der Waals surface area contributed by atoms with E-state index in [1.165, 1.54) is 0 Å². The molecule has 1 aliphatic heterocycles. The number of halogens is 1. The van der Waals surface area contributed by atoms with Crippen LogP contribution in [-0.2, 0) is 24.1 Å². The molecule has 0 spiro atoms. The molecule has 1 aliphatic rings. The predicted molar refractivity (Wildman–Crippen MR) is 126 cm³/mol. The van der Waals surface area contributed by atoms with Crippen molar-refractivity contribution >= 4 is 47.3 Å². The summed E-state index contributed by atoms with van der Waals surface area (Å²) >= 11 is 3.31. The van der Waals surface area contributed by atoms with Crippen LogP contribution in [0.2, 0.25) is 0 Å². The number of alkyl halides is 1. The molecule has 0 aromatic heterocycles. The van der Waals surface area contributed by atoms with Crippen molar-refractivity contribution in [2.45, 2.75) is 23.0 Å². The minimum Gasteiger partial charge on any atom is -0.366 e. The Morgan fingerprint density at radius 1 is 1.28 bits per heavy atom. The number of nitro groups is 1. The van der Waals surface area contributed by atoms with Gasteiger partial charge in [-0.3, -0.25) is 14.3 Å². The van der Waals surface area contributed by atoms with E-state index in [4.69, 9.17) is 10.6 Å². The predicted octanol–water partition coefficient (Wildman–Crippen LogP) is 1.62. The highest BCUT2D eigenvalue weighted by Gasteiger charge is 2.35. The van der Waals surface area contributed by atoms with Gasteiger partial charge in [0.25, 0.3) is 15.8 Å². The van der Waals surface area contributed by atoms with Crippen molar-refractivity contribution in [1.82, 2.24) is 4.90 Å². The molecule has 13 heteroatoms. The molecule has 0 aliphatic carbocycles. The zero-order valence-electron chi connectivity index (χ0n) is 17.9. The van der Waals surface area contributed by atoms with Gasteiger partial charge in [-0.25, -0.2) is 8.42 Å². The smallest absolute Gasteiger partial charge is 0.272 e. The van der Waals surface area contributed by atoms with Crippen LogP contribution < -0.4 is 4.90 Å². The second-order valence-corrected chi connectivity index (χ2v) is 12.1. The van der Waals surface area contributed by atoms with E-state index in [2.05, 4.69) is 21.9 Å². The van der Waals surface area contributed by atoms with Crippen LogP contribution in [0.4, 0.5) is 11.4 Å². The van der Waals surface area contributed by atoms with Crippen molar-refractivity contribution in [3.05, 3.63) is 27.8 Å². The van der Waals surface area contributed by atoms with Gasteiger partial charge in [-0.2, -0.15) is 8.42 Å². The van der Waals surface area contributed by atoms with E-state index < -0.39 is 35.8 Å². The summed E-state index contributed by atoms with van der Waals surface area (Å²) in [5, 5.41) is 11.2. The number of rotatable bonds is 10. The first-order chi connectivity index (χ1) is 14.9. The molecule has 0 saturated carbocycles. The number of non-ortho nitro benzene ring substituents is 1. The van der Waals surface area contributed by atoms with Gasteiger partial charge in [0.1, 0.15) is 0 Å². The van der Waals surface area contributed by atoms with Crippen molar-refractivity contribution in [3.63, 3.8) is 0 Å². The molecule has 1 saturated heterocycles. The summed E-state index contributed by atoms with van der Waals surface area (Å²) in [5.41, 5.74) is -0.223. The Morgan fingerprint density at radius 2 is 1.91 bits per heavy atom. The molecule has 0 radical (unpaired) electrons. The number of nitrogens with zero attached hydrogens (tertiary/aromatic N) is 3. The summed E-state index contributed by atoms with van der Waals surface area (Å²) < 4.78 is 54.8. The largest absolute Gasteiger partial charge is 0.366 e. The van der Waals surface area contributed by atoms with Gasteiger partial charge >= 0.3 is 0 Å². The van der Waals surface area contributed by atoms with Gasteiger partial charge in [0.05, 0.1) is 39.2 Å². The standard InChI is InChI=1S/C19H26BrN3O7S2/c1-4-15-13-16(23(24)25)14-18(32(28,29)17-5-8-21(2)9-6-17)19(15)22(10-7-20)11-12-30-31(3,26)27/h1,13-14,17H,5-12H2,2-3H3. The number of anilines is 1.